The van der Waals surface area contributed by atoms with Gasteiger partial charge in [-0.1, -0.05) is 12.1 Å². The summed E-state index contributed by atoms with van der Waals surface area (Å²) in [6.07, 6.45) is -0.00139. The highest BCUT2D eigenvalue weighted by Gasteiger charge is 2.31. The number of piperazine rings is 1. The molecular formula is C20H24F3N5O3S. The van der Waals surface area contributed by atoms with Crippen LogP contribution < -0.4 is 9.64 Å². The van der Waals surface area contributed by atoms with E-state index in [0.717, 1.165) is 17.7 Å². The molecule has 3 heterocycles. The summed E-state index contributed by atoms with van der Waals surface area (Å²) in [7, 11) is -3.18. The van der Waals surface area contributed by atoms with Crippen molar-refractivity contribution in [2.45, 2.75) is 18.8 Å². The number of anilines is 1. The molecule has 174 valence electrons. The summed E-state index contributed by atoms with van der Waals surface area (Å²) >= 11 is 0. The van der Waals surface area contributed by atoms with Gasteiger partial charge in [-0.15, -0.1) is 0 Å². The molecule has 32 heavy (non-hydrogen) atoms. The van der Waals surface area contributed by atoms with E-state index in [4.69, 9.17) is 4.74 Å². The molecule has 2 saturated heterocycles. The van der Waals surface area contributed by atoms with E-state index >= 15 is 0 Å². The number of nitrogens with zero attached hydrogens (tertiary/aromatic N) is 5. The van der Waals surface area contributed by atoms with Gasteiger partial charge in [0.05, 0.1) is 24.2 Å². The highest BCUT2D eigenvalue weighted by atomic mass is 32.2. The van der Waals surface area contributed by atoms with Gasteiger partial charge in [0.25, 0.3) is 0 Å². The summed E-state index contributed by atoms with van der Waals surface area (Å²) < 4.78 is 68.4. The van der Waals surface area contributed by atoms with Gasteiger partial charge in [-0.3, -0.25) is 4.90 Å². The number of halogens is 3. The van der Waals surface area contributed by atoms with Gasteiger partial charge >= 0.3 is 6.18 Å². The lowest BCUT2D eigenvalue weighted by atomic mass is 10.1. The molecule has 2 aromatic rings. The van der Waals surface area contributed by atoms with Crippen molar-refractivity contribution in [3.63, 3.8) is 0 Å². The number of likely N-dealkylation sites (tertiary alicyclic amines) is 1. The zero-order valence-corrected chi connectivity index (χ0v) is 18.3. The quantitative estimate of drug-likeness (QED) is 0.636. The minimum Gasteiger partial charge on any atom is -0.471 e. The van der Waals surface area contributed by atoms with Crippen molar-refractivity contribution >= 4 is 15.8 Å². The summed E-state index contributed by atoms with van der Waals surface area (Å²) in [5.74, 6) is 1.07. The van der Waals surface area contributed by atoms with Crippen LogP contribution in [0, 0.1) is 0 Å². The molecule has 4 rings (SSSR count). The van der Waals surface area contributed by atoms with Gasteiger partial charge in [0.1, 0.15) is 11.9 Å². The third-order valence-corrected chi connectivity index (χ3v) is 6.85. The number of rotatable bonds is 6. The molecule has 0 unspecified atom stereocenters. The third-order valence-electron chi connectivity index (χ3n) is 5.54. The van der Waals surface area contributed by atoms with Crippen LogP contribution in [0.2, 0.25) is 0 Å². The Hall–Kier alpha value is -2.44. The molecule has 0 amide bonds. The second-order valence-electron chi connectivity index (χ2n) is 7.99. The fourth-order valence-electron chi connectivity index (χ4n) is 3.74. The van der Waals surface area contributed by atoms with Gasteiger partial charge in [0, 0.05) is 45.8 Å². The van der Waals surface area contributed by atoms with Crippen molar-refractivity contribution in [1.82, 2.24) is 19.2 Å². The van der Waals surface area contributed by atoms with Crippen molar-refractivity contribution in [1.29, 1.82) is 0 Å². The summed E-state index contributed by atoms with van der Waals surface area (Å²) in [5.41, 5.74) is 0.168. The number of hydrogen-bond acceptors (Lipinski definition) is 7. The van der Waals surface area contributed by atoms with Crippen LogP contribution in [0.3, 0.4) is 0 Å². The zero-order valence-electron chi connectivity index (χ0n) is 17.5. The van der Waals surface area contributed by atoms with Crippen LogP contribution in [-0.2, 0) is 22.7 Å². The lowest BCUT2D eigenvalue weighted by Gasteiger charge is -2.38. The van der Waals surface area contributed by atoms with Gasteiger partial charge in [0.2, 0.25) is 15.9 Å². The van der Waals surface area contributed by atoms with Crippen molar-refractivity contribution in [2.75, 3.05) is 50.4 Å². The second kappa shape index (κ2) is 8.83. The number of aromatic nitrogens is 2. The maximum Gasteiger partial charge on any atom is 0.416 e. The minimum atomic E-state index is -4.32. The van der Waals surface area contributed by atoms with Crippen LogP contribution in [0.1, 0.15) is 11.1 Å². The van der Waals surface area contributed by atoms with Gasteiger partial charge in [0.15, 0.2) is 0 Å². The standard InChI is InChI=1S/C20H24F3N5O3S/c1-32(29,30)28-8-6-27(7-9-28)18-10-25-19(11-24-18)31-17-13-26(14-17)12-15-2-4-16(5-3-15)20(21,22)23/h2-5,10-11,17H,6-9,12-14H2,1H3. The molecule has 2 aliphatic rings. The van der Waals surface area contributed by atoms with E-state index in [1.54, 1.807) is 12.4 Å². The maximum absolute atomic E-state index is 12.6. The van der Waals surface area contributed by atoms with Crippen molar-refractivity contribution < 1.29 is 26.3 Å². The number of hydrogen-bond donors (Lipinski definition) is 0. The number of alkyl halides is 3. The molecule has 0 atom stereocenters. The Labute approximate surface area is 184 Å². The van der Waals surface area contributed by atoms with Crippen molar-refractivity contribution in [2.24, 2.45) is 0 Å². The Balaban J connectivity index is 1.22. The average molecular weight is 472 g/mol. The summed E-state index contributed by atoms with van der Waals surface area (Å²) in [5, 5.41) is 0. The van der Waals surface area contributed by atoms with Gasteiger partial charge in [-0.25, -0.2) is 18.4 Å². The average Bonchev–Trinajstić information content (AvgIpc) is 2.72. The summed E-state index contributed by atoms with van der Waals surface area (Å²) in [6, 6.07) is 5.19. The molecule has 0 saturated carbocycles. The maximum atomic E-state index is 12.6. The van der Waals surface area contributed by atoms with E-state index in [1.807, 2.05) is 4.90 Å². The smallest absolute Gasteiger partial charge is 0.416 e. The molecule has 12 heteroatoms. The first-order valence-corrected chi connectivity index (χ1v) is 12.0. The first-order chi connectivity index (χ1) is 15.1. The van der Waals surface area contributed by atoms with Gasteiger partial charge in [-0.2, -0.15) is 17.5 Å². The van der Waals surface area contributed by atoms with E-state index in [9.17, 15) is 21.6 Å². The Bertz CT molecular complexity index is 1020. The SMILES string of the molecule is CS(=O)(=O)N1CCN(c2cnc(OC3CN(Cc4ccc(C(F)(F)F)cc4)C3)cn2)CC1. The fraction of sp³-hybridized carbons (Fsp3) is 0.500. The lowest BCUT2D eigenvalue weighted by molar-refractivity contribution is -0.137. The topological polar surface area (TPSA) is 78.9 Å². The Kier molecular flexibility index (Phi) is 6.28. The van der Waals surface area contributed by atoms with Gasteiger partial charge < -0.3 is 9.64 Å². The molecule has 0 aliphatic carbocycles. The number of sulfonamides is 1. The molecular weight excluding hydrogens is 447 g/mol. The van der Waals surface area contributed by atoms with Gasteiger partial charge in [-0.05, 0) is 17.7 Å². The monoisotopic (exact) mass is 471 g/mol. The van der Waals surface area contributed by atoms with Crippen molar-refractivity contribution in [3.05, 3.63) is 47.8 Å². The van der Waals surface area contributed by atoms with Crippen LogP contribution in [-0.4, -0.2) is 79.2 Å². The summed E-state index contributed by atoms with van der Waals surface area (Å²) in [6.45, 7) is 3.77. The molecule has 2 aliphatic heterocycles. The molecule has 1 aromatic carbocycles. The predicted octanol–water partition coefficient (Wildman–Crippen LogP) is 1.84. The molecule has 0 N–H and O–H groups in total. The third kappa shape index (κ3) is 5.48. The van der Waals surface area contributed by atoms with E-state index in [-0.39, 0.29) is 6.10 Å². The van der Waals surface area contributed by atoms with Crippen molar-refractivity contribution in [3.8, 4) is 5.88 Å². The Morgan fingerprint density at radius 1 is 1.03 bits per heavy atom. The second-order valence-corrected chi connectivity index (χ2v) is 9.97. The fourth-order valence-corrected chi connectivity index (χ4v) is 4.56. The number of benzene rings is 1. The largest absolute Gasteiger partial charge is 0.471 e. The molecule has 0 spiro atoms. The predicted molar refractivity (Wildman–Crippen MR) is 112 cm³/mol. The highest BCUT2D eigenvalue weighted by Crippen LogP contribution is 2.29. The van der Waals surface area contributed by atoms with Crippen LogP contribution in [0.5, 0.6) is 5.88 Å². The molecule has 0 radical (unpaired) electrons. The van der Waals surface area contributed by atoms with E-state index < -0.39 is 21.8 Å². The lowest BCUT2D eigenvalue weighted by Crippen LogP contribution is -2.53. The molecule has 2 fully saturated rings. The van der Waals surface area contributed by atoms with Crippen LogP contribution in [0.4, 0.5) is 19.0 Å². The molecule has 8 nitrogen and oxygen atoms in total. The van der Waals surface area contributed by atoms with Crippen LogP contribution in [0.15, 0.2) is 36.7 Å². The zero-order chi connectivity index (χ0) is 22.9. The minimum absolute atomic E-state index is 0.0529. The van der Waals surface area contributed by atoms with Crippen LogP contribution >= 0.6 is 0 Å². The van der Waals surface area contributed by atoms with E-state index in [0.29, 0.717) is 57.5 Å². The highest BCUT2D eigenvalue weighted by molar-refractivity contribution is 7.88. The molecule has 1 aromatic heterocycles. The normalized spacial score (nSPS) is 19.1. The van der Waals surface area contributed by atoms with E-state index in [2.05, 4.69) is 14.9 Å². The summed E-state index contributed by atoms with van der Waals surface area (Å²) in [4.78, 5) is 12.7. The Morgan fingerprint density at radius 2 is 1.69 bits per heavy atom. The Morgan fingerprint density at radius 3 is 2.22 bits per heavy atom. The molecule has 0 bridgehead atoms. The van der Waals surface area contributed by atoms with E-state index in [1.165, 1.54) is 22.7 Å². The first-order valence-electron chi connectivity index (χ1n) is 10.2. The number of ether oxygens (including phenoxy) is 1. The van der Waals surface area contributed by atoms with Crippen LogP contribution in [0.25, 0.3) is 0 Å². The first kappa shape index (κ1) is 22.7.